The molecule has 6 nitrogen and oxygen atoms in total. The van der Waals surface area contributed by atoms with Crippen LogP contribution < -0.4 is 0 Å². The molecule has 0 bridgehead atoms. The lowest BCUT2D eigenvalue weighted by Crippen LogP contribution is -2.45. The number of amidine groups is 1. The number of thioether (sulfide) groups is 1. The summed E-state index contributed by atoms with van der Waals surface area (Å²) in [5.74, 6) is -3.13. The number of aldehydes is 1. The number of fused-ring (bicyclic) bond motifs is 1. The van der Waals surface area contributed by atoms with Gasteiger partial charge >= 0.3 is 6.09 Å². The average Bonchev–Trinajstić information content (AvgIpc) is 3.44. The molecule has 1 N–H and O–H groups in total. The first-order valence-electron chi connectivity index (χ1n) is 9.83. The smallest absolute Gasteiger partial charge is 0.415 e. The van der Waals surface area contributed by atoms with Gasteiger partial charge in [0.05, 0.1) is 4.75 Å². The third kappa shape index (κ3) is 4.53. The highest BCUT2D eigenvalue weighted by molar-refractivity contribution is 8.15. The van der Waals surface area contributed by atoms with Gasteiger partial charge in [0.25, 0.3) is 0 Å². The van der Waals surface area contributed by atoms with Crippen molar-refractivity contribution in [1.29, 1.82) is 0 Å². The number of nitrogens with zero attached hydrogens (tertiary/aromatic N) is 2. The number of hydrogen-bond donors (Lipinski definition) is 1. The fraction of sp³-hybridized carbons (Fsp3) is 0.550. The Morgan fingerprint density at radius 3 is 2.71 bits per heavy atom. The van der Waals surface area contributed by atoms with Crippen molar-refractivity contribution in [3.05, 3.63) is 35.4 Å². The highest BCUT2D eigenvalue weighted by Crippen LogP contribution is 2.65. The van der Waals surface area contributed by atoms with Crippen LogP contribution in [0.2, 0.25) is 25.7 Å². The quantitative estimate of drug-likeness (QED) is 0.260. The van der Waals surface area contributed by atoms with E-state index >= 15 is 0 Å². The van der Waals surface area contributed by atoms with Gasteiger partial charge in [-0.15, -0.1) is 0 Å². The van der Waals surface area contributed by atoms with Gasteiger partial charge in [-0.1, -0.05) is 43.5 Å². The minimum Gasteiger partial charge on any atom is -0.465 e. The topological polar surface area (TPSA) is 79.2 Å². The number of alkyl halides is 1. The summed E-state index contributed by atoms with van der Waals surface area (Å²) < 4.78 is 47.4. The molecule has 0 spiro atoms. The van der Waals surface area contributed by atoms with E-state index in [2.05, 4.69) is 24.6 Å². The van der Waals surface area contributed by atoms with E-state index < -0.39 is 48.7 Å². The van der Waals surface area contributed by atoms with E-state index in [4.69, 9.17) is 4.74 Å². The summed E-state index contributed by atoms with van der Waals surface area (Å²) in [6.45, 7) is 5.22. The Kier molecular flexibility index (Phi) is 6.59. The summed E-state index contributed by atoms with van der Waals surface area (Å²) in [5, 5.41) is 9.53. The number of amides is 1. The molecule has 1 aromatic rings. The molecule has 2 aliphatic rings. The first-order chi connectivity index (χ1) is 14.5. The number of carboxylic acid groups (broad SMARTS) is 1. The molecule has 1 fully saturated rings. The zero-order valence-electron chi connectivity index (χ0n) is 17.5. The monoisotopic (exact) mass is 474 g/mol. The Morgan fingerprint density at radius 1 is 1.42 bits per heavy atom. The molecule has 31 heavy (non-hydrogen) atoms. The van der Waals surface area contributed by atoms with Gasteiger partial charge in [0, 0.05) is 26.2 Å². The molecule has 1 amide bonds. The van der Waals surface area contributed by atoms with Crippen LogP contribution in [0.5, 0.6) is 0 Å². The zero-order chi connectivity index (χ0) is 23.0. The number of ether oxygens (including phenoxy) is 1. The van der Waals surface area contributed by atoms with Crippen LogP contribution >= 0.6 is 11.8 Å². The molecular weight excluding hydrogens is 449 g/mol. The molecule has 0 saturated heterocycles. The van der Waals surface area contributed by atoms with Gasteiger partial charge in [-0.25, -0.2) is 27.9 Å². The molecule has 3 atom stereocenters. The molecule has 11 heteroatoms. The SMILES string of the molecule is C[Si](C)(C)CCOCN(C(=O)O)C1=N[C@](CF)(c2cccc(F)c2F)[C@@H]2C[C@]2(C=O)S1. The van der Waals surface area contributed by atoms with Crippen molar-refractivity contribution in [2.45, 2.75) is 42.4 Å². The molecule has 170 valence electrons. The number of hydrogen-bond acceptors (Lipinski definition) is 5. The van der Waals surface area contributed by atoms with Gasteiger partial charge in [-0.05, 0) is 18.5 Å². The maximum absolute atomic E-state index is 14.6. The third-order valence-electron chi connectivity index (χ3n) is 5.61. The molecule has 1 saturated carbocycles. The summed E-state index contributed by atoms with van der Waals surface area (Å²) in [4.78, 5) is 28.8. The van der Waals surface area contributed by atoms with E-state index in [0.717, 1.165) is 28.8 Å². The van der Waals surface area contributed by atoms with Crippen molar-refractivity contribution < 1.29 is 32.6 Å². The maximum Gasteiger partial charge on any atom is 0.415 e. The van der Waals surface area contributed by atoms with Crippen LogP contribution in [-0.4, -0.2) is 60.4 Å². The average molecular weight is 475 g/mol. The summed E-state index contributed by atoms with van der Waals surface area (Å²) in [6.07, 6.45) is -0.602. The number of carbonyl (C=O) groups excluding carboxylic acids is 1. The van der Waals surface area contributed by atoms with E-state index in [9.17, 15) is 27.9 Å². The van der Waals surface area contributed by atoms with E-state index in [0.29, 0.717) is 12.9 Å². The van der Waals surface area contributed by atoms with Crippen LogP contribution in [0.15, 0.2) is 23.2 Å². The van der Waals surface area contributed by atoms with Crippen molar-refractivity contribution >= 4 is 37.4 Å². The number of benzene rings is 1. The summed E-state index contributed by atoms with van der Waals surface area (Å²) in [7, 11) is -1.40. The largest absolute Gasteiger partial charge is 0.465 e. The minimum absolute atomic E-state index is 0.164. The highest BCUT2D eigenvalue weighted by Gasteiger charge is 2.69. The summed E-state index contributed by atoms with van der Waals surface area (Å²) >= 11 is 0.903. The zero-order valence-corrected chi connectivity index (χ0v) is 19.3. The van der Waals surface area contributed by atoms with Crippen molar-refractivity contribution in [2.75, 3.05) is 20.0 Å². The highest BCUT2D eigenvalue weighted by atomic mass is 32.2. The van der Waals surface area contributed by atoms with Crippen LogP contribution in [0.25, 0.3) is 0 Å². The van der Waals surface area contributed by atoms with Crippen LogP contribution in [-0.2, 0) is 15.1 Å². The van der Waals surface area contributed by atoms with E-state index in [-0.39, 0.29) is 23.9 Å². The van der Waals surface area contributed by atoms with Crippen LogP contribution in [0, 0.1) is 17.6 Å². The standard InChI is InChI=1S/C20H25F3N2O4SSi/c1-31(2,3)8-7-29-12-25(18(27)28)17-24-20(10-21,15-9-19(15,11-26)30-17)13-5-4-6-14(22)16(13)23/h4-6,11,15H,7-10,12H2,1-3H3,(H,27,28)/t15-,19-,20-/m1/s1. The number of carbonyl (C=O) groups is 2. The predicted octanol–water partition coefficient (Wildman–Crippen LogP) is 4.48. The fourth-order valence-electron chi connectivity index (χ4n) is 3.66. The fourth-order valence-corrected chi connectivity index (χ4v) is 5.85. The Bertz CT molecular complexity index is 913. The van der Waals surface area contributed by atoms with Gasteiger partial charge in [-0.2, -0.15) is 0 Å². The molecule has 1 heterocycles. The van der Waals surface area contributed by atoms with Crippen LogP contribution in [0.3, 0.4) is 0 Å². The van der Waals surface area contributed by atoms with Crippen molar-refractivity contribution in [3.63, 3.8) is 0 Å². The Morgan fingerprint density at radius 2 is 2.13 bits per heavy atom. The predicted molar refractivity (Wildman–Crippen MR) is 115 cm³/mol. The van der Waals surface area contributed by atoms with E-state index in [1.54, 1.807) is 0 Å². The van der Waals surface area contributed by atoms with Gasteiger partial charge in [0.2, 0.25) is 0 Å². The lowest BCUT2D eigenvalue weighted by molar-refractivity contribution is -0.108. The van der Waals surface area contributed by atoms with Gasteiger partial charge in [-0.3, -0.25) is 0 Å². The molecule has 0 unspecified atom stereocenters. The molecule has 1 aromatic carbocycles. The van der Waals surface area contributed by atoms with Crippen molar-refractivity contribution in [3.8, 4) is 0 Å². The lowest BCUT2D eigenvalue weighted by atomic mass is 9.85. The second-order valence-electron chi connectivity index (χ2n) is 9.04. The van der Waals surface area contributed by atoms with Gasteiger partial charge in [0.15, 0.2) is 16.8 Å². The second kappa shape index (κ2) is 8.59. The normalized spacial score (nSPS) is 27.3. The van der Waals surface area contributed by atoms with Gasteiger partial charge < -0.3 is 14.6 Å². The molecular formula is C20H25F3N2O4SSi. The first-order valence-corrected chi connectivity index (χ1v) is 14.4. The van der Waals surface area contributed by atoms with E-state index in [1.165, 1.54) is 12.1 Å². The van der Waals surface area contributed by atoms with E-state index in [1.807, 2.05) is 0 Å². The second-order valence-corrected chi connectivity index (χ2v) is 16.0. The molecule has 0 aromatic heterocycles. The maximum atomic E-state index is 14.6. The Balaban J connectivity index is 1.98. The number of halogens is 3. The van der Waals surface area contributed by atoms with Gasteiger partial charge in [0.1, 0.15) is 25.2 Å². The minimum atomic E-state index is -1.89. The number of aliphatic imine (C=N–C) groups is 1. The lowest BCUT2D eigenvalue weighted by Gasteiger charge is -2.36. The Labute approximate surface area is 183 Å². The molecule has 3 rings (SSSR count). The van der Waals surface area contributed by atoms with Crippen LogP contribution in [0.1, 0.15) is 12.0 Å². The van der Waals surface area contributed by atoms with Crippen LogP contribution in [0.4, 0.5) is 18.0 Å². The van der Waals surface area contributed by atoms with Crippen molar-refractivity contribution in [1.82, 2.24) is 4.90 Å². The number of rotatable bonds is 8. The third-order valence-corrected chi connectivity index (χ3v) is 8.73. The molecule has 1 aliphatic carbocycles. The first kappa shape index (κ1) is 23.8. The molecule has 1 aliphatic heterocycles. The summed E-state index contributed by atoms with van der Waals surface area (Å²) in [6, 6.07) is 4.17. The van der Waals surface area contributed by atoms with Crippen molar-refractivity contribution in [2.24, 2.45) is 10.9 Å². The molecule has 0 radical (unpaired) electrons. The summed E-state index contributed by atoms with van der Waals surface area (Å²) in [5.41, 5.74) is -2.22. The Hall–Kier alpha value is -1.85.